The Morgan fingerprint density at radius 1 is 1.15 bits per heavy atom. The molecule has 1 saturated carbocycles. The first-order valence-corrected chi connectivity index (χ1v) is 7.84. The highest BCUT2D eigenvalue weighted by atomic mass is 16.5. The maximum Gasteiger partial charge on any atom is 0.328 e. The molecule has 20 heavy (non-hydrogen) atoms. The lowest BCUT2D eigenvalue weighted by atomic mass is 9.88. The molecule has 1 N–H and O–H groups in total. The number of hydrogen-bond acceptors (Lipinski definition) is 3. The van der Waals surface area contributed by atoms with Crippen molar-refractivity contribution in [2.24, 2.45) is 5.92 Å². The topological polar surface area (TPSA) is 55.4 Å². The summed E-state index contributed by atoms with van der Waals surface area (Å²) in [7, 11) is 0. The third-order valence-corrected chi connectivity index (χ3v) is 4.17. The molecule has 0 saturated heterocycles. The van der Waals surface area contributed by atoms with Crippen molar-refractivity contribution in [3.8, 4) is 0 Å². The molecular weight excluding hydrogens is 254 g/mol. The van der Waals surface area contributed by atoms with E-state index in [1.54, 1.807) is 6.92 Å². The predicted molar refractivity (Wildman–Crippen MR) is 77.1 cm³/mol. The van der Waals surface area contributed by atoms with E-state index in [9.17, 15) is 9.59 Å². The molecule has 0 radical (unpaired) electrons. The fourth-order valence-electron chi connectivity index (χ4n) is 2.89. The van der Waals surface area contributed by atoms with Crippen LogP contribution in [0.1, 0.15) is 58.3 Å². The van der Waals surface area contributed by atoms with Crippen LogP contribution in [0.2, 0.25) is 0 Å². The van der Waals surface area contributed by atoms with Crippen LogP contribution in [0.3, 0.4) is 0 Å². The first kappa shape index (κ1) is 15.1. The maximum absolute atomic E-state index is 12.1. The zero-order chi connectivity index (χ0) is 14.4. The minimum atomic E-state index is -0.556. The highest BCUT2D eigenvalue weighted by Gasteiger charge is 2.26. The third kappa shape index (κ3) is 4.36. The molecule has 2 rings (SSSR count). The zero-order valence-electron chi connectivity index (χ0n) is 12.3. The number of rotatable bonds is 4. The van der Waals surface area contributed by atoms with E-state index >= 15 is 0 Å². The molecule has 0 bridgehead atoms. The van der Waals surface area contributed by atoms with Gasteiger partial charge in [0, 0.05) is 5.92 Å². The number of carbonyl (C=O) groups is 2. The molecule has 1 fully saturated rings. The molecule has 4 nitrogen and oxygen atoms in total. The van der Waals surface area contributed by atoms with Gasteiger partial charge in [-0.3, -0.25) is 4.79 Å². The van der Waals surface area contributed by atoms with Crippen molar-refractivity contribution in [3.63, 3.8) is 0 Å². The van der Waals surface area contributed by atoms with Gasteiger partial charge in [0.15, 0.2) is 0 Å². The Labute approximate surface area is 120 Å². The van der Waals surface area contributed by atoms with Crippen molar-refractivity contribution in [1.82, 2.24) is 5.32 Å². The molecule has 1 unspecified atom stereocenters. The number of esters is 1. The van der Waals surface area contributed by atoms with Crippen LogP contribution in [0.4, 0.5) is 0 Å². The molecule has 2 aliphatic carbocycles. The number of carbonyl (C=O) groups excluding carboxylic acids is 2. The van der Waals surface area contributed by atoms with Crippen molar-refractivity contribution in [2.75, 3.05) is 0 Å². The average molecular weight is 279 g/mol. The number of allylic oxidation sites excluding steroid dienone is 1. The van der Waals surface area contributed by atoms with Gasteiger partial charge in [-0.25, -0.2) is 4.79 Å². The van der Waals surface area contributed by atoms with E-state index < -0.39 is 6.04 Å². The van der Waals surface area contributed by atoms with E-state index in [0.29, 0.717) is 0 Å². The number of hydrogen-bond donors (Lipinski definition) is 1. The van der Waals surface area contributed by atoms with Crippen LogP contribution < -0.4 is 5.32 Å². The first-order chi connectivity index (χ1) is 9.66. The molecule has 0 aliphatic heterocycles. The molecule has 1 amide bonds. The van der Waals surface area contributed by atoms with Crippen LogP contribution in [0.25, 0.3) is 0 Å². The van der Waals surface area contributed by atoms with Crippen LogP contribution in [0.15, 0.2) is 12.2 Å². The van der Waals surface area contributed by atoms with Crippen LogP contribution in [0.5, 0.6) is 0 Å². The second-order valence-corrected chi connectivity index (χ2v) is 5.90. The number of ether oxygens (including phenoxy) is 1. The van der Waals surface area contributed by atoms with Gasteiger partial charge in [-0.2, -0.15) is 0 Å². The number of amides is 1. The Bertz CT molecular complexity index is 372. The largest absolute Gasteiger partial charge is 0.457 e. The summed E-state index contributed by atoms with van der Waals surface area (Å²) in [4.78, 5) is 24.0. The van der Waals surface area contributed by atoms with E-state index in [1.165, 1.54) is 6.42 Å². The Balaban J connectivity index is 1.76. The van der Waals surface area contributed by atoms with Gasteiger partial charge in [0.05, 0.1) is 0 Å². The predicted octanol–water partition coefficient (Wildman–Crippen LogP) is 2.72. The summed E-state index contributed by atoms with van der Waals surface area (Å²) in [6.07, 6.45) is 12.2. The highest BCUT2D eigenvalue weighted by Crippen LogP contribution is 2.23. The molecule has 4 heteroatoms. The lowest BCUT2D eigenvalue weighted by Crippen LogP contribution is -2.43. The quantitative estimate of drug-likeness (QED) is 0.636. The summed E-state index contributed by atoms with van der Waals surface area (Å²) in [6.45, 7) is 1.70. The first-order valence-electron chi connectivity index (χ1n) is 7.84. The minimum Gasteiger partial charge on any atom is -0.457 e. The monoisotopic (exact) mass is 279 g/mol. The molecule has 2 atom stereocenters. The van der Waals surface area contributed by atoms with Crippen LogP contribution in [-0.2, 0) is 14.3 Å². The molecule has 0 heterocycles. The molecule has 2 aliphatic rings. The van der Waals surface area contributed by atoms with E-state index in [2.05, 4.69) is 5.32 Å². The van der Waals surface area contributed by atoms with Gasteiger partial charge >= 0.3 is 5.97 Å². The highest BCUT2D eigenvalue weighted by molar-refractivity contribution is 5.85. The Hall–Kier alpha value is -1.32. The second-order valence-electron chi connectivity index (χ2n) is 5.90. The van der Waals surface area contributed by atoms with Gasteiger partial charge in [0.1, 0.15) is 12.1 Å². The Morgan fingerprint density at radius 2 is 1.90 bits per heavy atom. The molecule has 0 aromatic rings. The molecule has 0 spiro atoms. The standard InChI is InChI=1S/C16H25NO3/c1-12(16(19)20-14-10-6-3-7-11-14)17-15(18)13-8-4-2-5-9-13/h6,10,12-14H,2-5,7-9,11H2,1H3,(H,17,18)/t12-,14?/m1/s1. The van der Waals surface area contributed by atoms with Crippen molar-refractivity contribution in [2.45, 2.75) is 70.4 Å². The van der Waals surface area contributed by atoms with Crippen LogP contribution in [-0.4, -0.2) is 24.0 Å². The van der Waals surface area contributed by atoms with Crippen LogP contribution >= 0.6 is 0 Å². The smallest absolute Gasteiger partial charge is 0.328 e. The Morgan fingerprint density at radius 3 is 2.55 bits per heavy atom. The Kier molecular flexibility index (Phi) is 5.62. The van der Waals surface area contributed by atoms with E-state index in [-0.39, 0.29) is 23.9 Å². The van der Waals surface area contributed by atoms with Gasteiger partial charge in [-0.15, -0.1) is 0 Å². The lowest BCUT2D eigenvalue weighted by molar-refractivity contribution is -0.151. The third-order valence-electron chi connectivity index (χ3n) is 4.17. The summed E-state index contributed by atoms with van der Waals surface area (Å²) >= 11 is 0. The molecule has 0 aromatic carbocycles. The summed E-state index contributed by atoms with van der Waals surface area (Å²) in [5.74, 6) is -0.243. The summed E-state index contributed by atoms with van der Waals surface area (Å²) in [5, 5.41) is 2.80. The van der Waals surface area contributed by atoms with Crippen molar-refractivity contribution in [3.05, 3.63) is 12.2 Å². The van der Waals surface area contributed by atoms with Gasteiger partial charge in [-0.1, -0.05) is 25.3 Å². The van der Waals surface area contributed by atoms with Crippen molar-refractivity contribution < 1.29 is 14.3 Å². The molecule has 0 aromatic heterocycles. The molecule has 112 valence electrons. The summed E-state index contributed by atoms with van der Waals surface area (Å²) in [6, 6.07) is -0.556. The van der Waals surface area contributed by atoms with E-state index in [0.717, 1.165) is 44.9 Å². The zero-order valence-corrected chi connectivity index (χ0v) is 12.3. The minimum absolute atomic E-state index is 0.00772. The summed E-state index contributed by atoms with van der Waals surface area (Å²) < 4.78 is 5.40. The van der Waals surface area contributed by atoms with Gasteiger partial charge in [0.2, 0.25) is 5.91 Å². The van der Waals surface area contributed by atoms with E-state index in [1.807, 2.05) is 12.2 Å². The van der Waals surface area contributed by atoms with Gasteiger partial charge in [-0.05, 0) is 45.1 Å². The SMILES string of the molecule is C[C@@H](NC(=O)C1CCCCC1)C(=O)OC1C=CCCC1. The maximum atomic E-state index is 12.1. The fourth-order valence-corrected chi connectivity index (χ4v) is 2.89. The normalized spacial score (nSPS) is 24.9. The molecular formula is C16H25NO3. The van der Waals surface area contributed by atoms with Crippen molar-refractivity contribution >= 4 is 11.9 Å². The number of nitrogens with one attached hydrogen (secondary N) is 1. The average Bonchev–Trinajstić information content (AvgIpc) is 2.49. The second kappa shape index (κ2) is 7.46. The lowest BCUT2D eigenvalue weighted by Gasteiger charge is -2.24. The fraction of sp³-hybridized carbons (Fsp3) is 0.750. The summed E-state index contributed by atoms with van der Waals surface area (Å²) in [5.41, 5.74) is 0. The van der Waals surface area contributed by atoms with E-state index in [4.69, 9.17) is 4.74 Å². The van der Waals surface area contributed by atoms with Crippen LogP contribution in [0, 0.1) is 5.92 Å². The van der Waals surface area contributed by atoms with Crippen molar-refractivity contribution in [1.29, 1.82) is 0 Å². The van der Waals surface area contributed by atoms with Gasteiger partial charge < -0.3 is 10.1 Å². The van der Waals surface area contributed by atoms with Gasteiger partial charge in [0.25, 0.3) is 0 Å².